The minimum Gasteiger partial charge on any atom is -0.490 e. The fraction of sp³-hybridized carbons (Fsp3) is 0.414. The molecule has 3 aromatic rings. The van der Waals surface area contributed by atoms with E-state index in [1.165, 1.54) is 0 Å². The molecule has 0 unspecified atom stereocenters. The molecule has 1 aromatic carbocycles. The smallest absolute Gasteiger partial charge is 0.307 e. The van der Waals surface area contributed by atoms with Crippen molar-refractivity contribution in [3.05, 3.63) is 64.6 Å². The Morgan fingerprint density at radius 3 is 2.54 bits per heavy atom. The molecule has 0 spiro atoms. The number of nitrogens with zero attached hydrogens (tertiary/aromatic N) is 3. The van der Waals surface area contributed by atoms with Gasteiger partial charge < -0.3 is 20.1 Å². The van der Waals surface area contributed by atoms with Gasteiger partial charge in [0.25, 0.3) is 0 Å². The van der Waals surface area contributed by atoms with Crippen molar-refractivity contribution in [1.29, 1.82) is 0 Å². The maximum absolute atomic E-state index is 11.7. The number of aliphatic carboxylic acids is 1. The first-order valence-corrected chi connectivity index (χ1v) is 13.1. The second-order valence-electron chi connectivity index (χ2n) is 10.4. The van der Waals surface area contributed by atoms with Crippen LogP contribution in [0.25, 0.3) is 11.3 Å². The van der Waals surface area contributed by atoms with Crippen LogP contribution in [0.15, 0.2) is 42.7 Å². The molecule has 0 amide bonds. The predicted molar refractivity (Wildman–Crippen MR) is 149 cm³/mol. The number of carbonyl (C=O) groups is 1. The lowest BCUT2D eigenvalue weighted by molar-refractivity contribution is -0.136. The third-order valence-corrected chi connectivity index (χ3v) is 7.30. The zero-order valence-electron chi connectivity index (χ0n) is 22.0. The van der Waals surface area contributed by atoms with E-state index in [4.69, 9.17) is 21.3 Å². The minimum atomic E-state index is -0.859. The Labute approximate surface area is 223 Å². The van der Waals surface area contributed by atoms with Gasteiger partial charge in [-0.15, -0.1) is 0 Å². The Bertz CT molecular complexity index is 1230. The van der Waals surface area contributed by atoms with E-state index in [9.17, 15) is 9.90 Å². The van der Waals surface area contributed by atoms with Crippen LogP contribution < -0.4 is 15.0 Å². The summed E-state index contributed by atoms with van der Waals surface area (Å²) in [4.78, 5) is 23.3. The van der Waals surface area contributed by atoms with E-state index >= 15 is 0 Å². The van der Waals surface area contributed by atoms with Crippen LogP contribution in [0.3, 0.4) is 0 Å². The standard InChI is InChI=1S/C29H35ClN4O3/c1-19-6-5-7-24(30)28(19)37-15-12-31-21-8-9-25(33-17-21)23-18-32-20(2)22(16-26(35)36)27(23)34-13-10-29(3,4)11-14-34/h5-9,17-18,31H,10-16H2,1-4H3,(H,35,36). The summed E-state index contributed by atoms with van der Waals surface area (Å²) in [6.07, 6.45) is 5.64. The van der Waals surface area contributed by atoms with Crippen LogP contribution in [0.2, 0.25) is 5.02 Å². The molecular weight excluding hydrogens is 488 g/mol. The topological polar surface area (TPSA) is 87.6 Å². The molecule has 1 aliphatic heterocycles. The molecule has 8 heteroatoms. The van der Waals surface area contributed by atoms with E-state index < -0.39 is 5.97 Å². The van der Waals surface area contributed by atoms with Crippen molar-refractivity contribution < 1.29 is 14.6 Å². The van der Waals surface area contributed by atoms with E-state index in [0.717, 1.165) is 65.4 Å². The van der Waals surface area contributed by atoms with Gasteiger partial charge in [-0.05, 0) is 55.9 Å². The maximum atomic E-state index is 11.7. The van der Waals surface area contributed by atoms with Crippen molar-refractivity contribution in [2.75, 3.05) is 36.5 Å². The van der Waals surface area contributed by atoms with Crippen LogP contribution in [-0.4, -0.2) is 47.3 Å². The second-order valence-corrected chi connectivity index (χ2v) is 10.8. The maximum Gasteiger partial charge on any atom is 0.307 e. The third-order valence-electron chi connectivity index (χ3n) is 7.01. The molecule has 1 saturated heterocycles. The molecule has 196 valence electrons. The monoisotopic (exact) mass is 522 g/mol. The summed E-state index contributed by atoms with van der Waals surface area (Å²) in [5.41, 5.74) is 6.25. The van der Waals surface area contributed by atoms with E-state index in [0.29, 0.717) is 23.9 Å². The first kappa shape index (κ1) is 26.7. The van der Waals surface area contributed by atoms with E-state index in [-0.39, 0.29) is 11.8 Å². The zero-order chi connectivity index (χ0) is 26.6. The Morgan fingerprint density at radius 1 is 1.14 bits per heavy atom. The molecule has 0 atom stereocenters. The highest BCUT2D eigenvalue weighted by Crippen LogP contribution is 2.39. The summed E-state index contributed by atoms with van der Waals surface area (Å²) >= 11 is 6.24. The number of benzene rings is 1. The number of halogens is 1. The first-order chi connectivity index (χ1) is 17.6. The van der Waals surface area contributed by atoms with Crippen LogP contribution in [-0.2, 0) is 11.2 Å². The van der Waals surface area contributed by atoms with Crippen molar-refractivity contribution in [2.24, 2.45) is 5.41 Å². The fourth-order valence-corrected chi connectivity index (χ4v) is 4.96. The number of aryl methyl sites for hydroxylation is 2. The SMILES string of the molecule is Cc1cccc(Cl)c1OCCNc1ccc(-c2cnc(C)c(CC(=O)O)c2N2CCC(C)(C)CC2)nc1. The van der Waals surface area contributed by atoms with E-state index in [1.54, 1.807) is 6.20 Å². The Balaban J connectivity index is 1.51. The molecule has 2 N–H and O–H groups in total. The number of carboxylic acid groups (broad SMARTS) is 1. The highest BCUT2D eigenvalue weighted by atomic mass is 35.5. The normalized spacial score (nSPS) is 14.9. The third kappa shape index (κ3) is 6.52. The van der Waals surface area contributed by atoms with Gasteiger partial charge in [0.05, 0.1) is 34.7 Å². The Kier molecular flexibility index (Phi) is 8.22. The minimum absolute atomic E-state index is 0.0631. The molecule has 7 nitrogen and oxygen atoms in total. The van der Waals surface area contributed by atoms with Crippen LogP contribution in [0.4, 0.5) is 11.4 Å². The van der Waals surface area contributed by atoms with E-state index in [1.807, 2.05) is 50.4 Å². The van der Waals surface area contributed by atoms with Crippen molar-refractivity contribution in [3.8, 4) is 17.0 Å². The van der Waals surface area contributed by atoms with Crippen LogP contribution >= 0.6 is 11.6 Å². The van der Waals surface area contributed by atoms with Gasteiger partial charge in [0.1, 0.15) is 12.4 Å². The summed E-state index contributed by atoms with van der Waals surface area (Å²) < 4.78 is 5.86. The summed E-state index contributed by atoms with van der Waals surface area (Å²) in [5.74, 6) is -0.153. The number of ether oxygens (including phenoxy) is 1. The van der Waals surface area contributed by atoms with Gasteiger partial charge in [-0.2, -0.15) is 0 Å². The number of para-hydroxylation sites is 1. The zero-order valence-corrected chi connectivity index (χ0v) is 22.7. The van der Waals surface area contributed by atoms with Gasteiger partial charge >= 0.3 is 5.97 Å². The number of aromatic nitrogens is 2. The van der Waals surface area contributed by atoms with Crippen molar-refractivity contribution in [2.45, 2.75) is 47.0 Å². The fourth-order valence-electron chi connectivity index (χ4n) is 4.69. The van der Waals surface area contributed by atoms with Crippen LogP contribution in [0.1, 0.15) is 43.5 Å². The van der Waals surface area contributed by atoms with Crippen molar-refractivity contribution >= 4 is 28.9 Å². The average molecular weight is 523 g/mol. The quantitative estimate of drug-likeness (QED) is 0.325. The van der Waals surface area contributed by atoms with Gasteiger partial charge in [-0.3, -0.25) is 14.8 Å². The van der Waals surface area contributed by atoms with E-state index in [2.05, 4.69) is 29.0 Å². The number of hydrogen-bond acceptors (Lipinski definition) is 6. The van der Waals surface area contributed by atoms with Crippen LogP contribution in [0.5, 0.6) is 5.75 Å². The molecule has 0 radical (unpaired) electrons. The average Bonchev–Trinajstić information content (AvgIpc) is 2.85. The molecule has 0 bridgehead atoms. The second kappa shape index (κ2) is 11.4. The highest BCUT2D eigenvalue weighted by molar-refractivity contribution is 6.32. The van der Waals surface area contributed by atoms with Gasteiger partial charge in [-0.1, -0.05) is 37.6 Å². The molecule has 3 heterocycles. The van der Waals surface area contributed by atoms with Crippen molar-refractivity contribution in [3.63, 3.8) is 0 Å². The molecule has 2 aromatic heterocycles. The number of piperidine rings is 1. The summed E-state index contributed by atoms with van der Waals surface area (Å²) in [6.45, 7) is 11.2. The largest absolute Gasteiger partial charge is 0.490 e. The summed E-state index contributed by atoms with van der Waals surface area (Å²) in [6, 6.07) is 9.62. The molecule has 1 aliphatic rings. The number of nitrogens with one attached hydrogen (secondary N) is 1. The first-order valence-electron chi connectivity index (χ1n) is 12.7. The summed E-state index contributed by atoms with van der Waals surface area (Å²) in [7, 11) is 0. The molecule has 4 rings (SSSR count). The lowest BCUT2D eigenvalue weighted by Crippen LogP contribution is -2.38. The predicted octanol–water partition coefficient (Wildman–Crippen LogP) is 6.16. The Hall–Kier alpha value is -3.32. The summed E-state index contributed by atoms with van der Waals surface area (Å²) in [5, 5.41) is 13.5. The number of anilines is 2. The number of rotatable bonds is 9. The number of pyridine rings is 2. The number of carboxylic acids is 1. The molecule has 1 fully saturated rings. The molecule has 0 aliphatic carbocycles. The van der Waals surface area contributed by atoms with Crippen LogP contribution in [0, 0.1) is 19.3 Å². The molecular formula is C29H35ClN4O3. The van der Waals surface area contributed by atoms with Gasteiger partial charge in [-0.25, -0.2) is 0 Å². The van der Waals surface area contributed by atoms with Crippen molar-refractivity contribution in [1.82, 2.24) is 9.97 Å². The highest BCUT2D eigenvalue weighted by Gasteiger charge is 2.29. The van der Waals surface area contributed by atoms with Gasteiger partial charge in [0.15, 0.2) is 0 Å². The molecule has 0 saturated carbocycles. The van der Waals surface area contributed by atoms with Gasteiger partial charge in [0, 0.05) is 42.7 Å². The molecule has 37 heavy (non-hydrogen) atoms. The lowest BCUT2D eigenvalue weighted by atomic mass is 9.82. The van der Waals surface area contributed by atoms with Gasteiger partial charge in [0.2, 0.25) is 0 Å². The lowest BCUT2D eigenvalue weighted by Gasteiger charge is -2.40. The number of hydrogen-bond donors (Lipinski definition) is 2. The Morgan fingerprint density at radius 2 is 1.89 bits per heavy atom.